The summed E-state index contributed by atoms with van der Waals surface area (Å²) < 4.78 is 33.0. The van der Waals surface area contributed by atoms with Crippen LogP contribution in [0.15, 0.2) is 27.6 Å². The molecule has 1 aliphatic rings. The monoisotopic (exact) mass is 378 g/mol. The van der Waals surface area contributed by atoms with Crippen LogP contribution in [0.4, 0.5) is 5.69 Å². The molecule has 2 unspecified atom stereocenters. The standard InChI is InChI=1S/C12H15BrN2O5S/c1-20-10-4-3-9(7-10)14-21(18,19)12-6-8(13)2-5-11(12)15(16)17/h2,5-6,9-10,14H,3-4,7H2,1H3. The molecule has 116 valence electrons. The number of ether oxygens (including phenoxy) is 1. The van der Waals surface area contributed by atoms with Gasteiger partial charge < -0.3 is 4.74 Å². The minimum atomic E-state index is -3.95. The molecule has 1 aromatic carbocycles. The van der Waals surface area contributed by atoms with E-state index in [1.165, 1.54) is 18.2 Å². The van der Waals surface area contributed by atoms with Crippen molar-refractivity contribution in [1.82, 2.24) is 4.72 Å². The lowest BCUT2D eigenvalue weighted by atomic mass is 10.3. The molecule has 0 heterocycles. The molecule has 2 atom stereocenters. The van der Waals surface area contributed by atoms with E-state index in [4.69, 9.17) is 4.74 Å². The number of rotatable bonds is 5. The van der Waals surface area contributed by atoms with Gasteiger partial charge in [-0.25, -0.2) is 13.1 Å². The summed E-state index contributed by atoms with van der Waals surface area (Å²) in [6, 6.07) is 3.58. The summed E-state index contributed by atoms with van der Waals surface area (Å²) in [5.41, 5.74) is -0.438. The Morgan fingerprint density at radius 1 is 1.43 bits per heavy atom. The van der Waals surface area contributed by atoms with Gasteiger partial charge in [0.15, 0.2) is 4.90 Å². The zero-order valence-electron chi connectivity index (χ0n) is 11.3. The number of benzene rings is 1. The fourth-order valence-electron chi connectivity index (χ4n) is 2.40. The summed E-state index contributed by atoms with van der Waals surface area (Å²) in [5, 5.41) is 11.0. The summed E-state index contributed by atoms with van der Waals surface area (Å²) in [6.07, 6.45) is 2.01. The molecule has 1 N–H and O–H groups in total. The third-order valence-corrected chi connectivity index (χ3v) is 5.49. The lowest BCUT2D eigenvalue weighted by Crippen LogP contribution is -2.33. The first-order valence-corrected chi connectivity index (χ1v) is 8.60. The Bertz CT molecular complexity index is 649. The number of nitrogens with zero attached hydrogens (tertiary/aromatic N) is 1. The average Bonchev–Trinajstić information content (AvgIpc) is 2.85. The normalized spacial score (nSPS) is 22.4. The number of hydrogen-bond acceptors (Lipinski definition) is 5. The molecular weight excluding hydrogens is 364 g/mol. The topological polar surface area (TPSA) is 98.5 Å². The molecular formula is C12H15BrN2O5S. The highest BCUT2D eigenvalue weighted by molar-refractivity contribution is 9.10. The zero-order chi connectivity index (χ0) is 15.6. The molecule has 0 radical (unpaired) electrons. The van der Waals surface area contributed by atoms with Crippen molar-refractivity contribution >= 4 is 31.6 Å². The molecule has 0 aromatic heterocycles. The van der Waals surface area contributed by atoms with Gasteiger partial charge in [-0.15, -0.1) is 0 Å². The first-order valence-electron chi connectivity index (χ1n) is 6.32. The second-order valence-electron chi connectivity index (χ2n) is 4.86. The molecule has 2 rings (SSSR count). The van der Waals surface area contributed by atoms with E-state index >= 15 is 0 Å². The SMILES string of the molecule is COC1CCC(NS(=O)(=O)c2cc(Br)ccc2[N+](=O)[O-])C1. The van der Waals surface area contributed by atoms with E-state index in [1.807, 2.05) is 0 Å². The van der Waals surface area contributed by atoms with Crippen molar-refractivity contribution in [2.24, 2.45) is 0 Å². The van der Waals surface area contributed by atoms with Crippen LogP contribution in [0, 0.1) is 10.1 Å². The Morgan fingerprint density at radius 3 is 2.71 bits per heavy atom. The maximum absolute atomic E-state index is 12.4. The van der Waals surface area contributed by atoms with Crippen LogP contribution in [0.5, 0.6) is 0 Å². The molecule has 0 spiro atoms. The van der Waals surface area contributed by atoms with Crippen molar-refractivity contribution in [2.45, 2.75) is 36.3 Å². The van der Waals surface area contributed by atoms with Gasteiger partial charge in [0, 0.05) is 23.7 Å². The number of hydrogen-bond donors (Lipinski definition) is 1. The highest BCUT2D eigenvalue weighted by atomic mass is 79.9. The van der Waals surface area contributed by atoms with Crippen LogP contribution in [0.3, 0.4) is 0 Å². The first kappa shape index (κ1) is 16.3. The lowest BCUT2D eigenvalue weighted by molar-refractivity contribution is -0.387. The highest BCUT2D eigenvalue weighted by Gasteiger charge is 2.32. The fourth-order valence-corrected chi connectivity index (χ4v) is 4.39. The second-order valence-corrected chi connectivity index (χ2v) is 7.46. The summed E-state index contributed by atoms with van der Waals surface area (Å²) in [4.78, 5) is 9.96. The van der Waals surface area contributed by atoms with Crippen LogP contribution < -0.4 is 4.72 Å². The minimum Gasteiger partial charge on any atom is -0.381 e. The average molecular weight is 379 g/mol. The lowest BCUT2D eigenvalue weighted by Gasteiger charge is -2.13. The van der Waals surface area contributed by atoms with E-state index in [0.29, 0.717) is 17.3 Å². The second kappa shape index (κ2) is 6.39. The van der Waals surface area contributed by atoms with Gasteiger partial charge in [-0.1, -0.05) is 15.9 Å². The smallest absolute Gasteiger partial charge is 0.289 e. The minimum absolute atomic E-state index is 0.0233. The molecule has 1 aromatic rings. The van der Waals surface area contributed by atoms with Gasteiger partial charge >= 0.3 is 0 Å². The van der Waals surface area contributed by atoms with E-state index in [9.17, 15) is 18.5 Å². The molecule has 1 aliphatic carbocycles. The Kier molecular flexibility index (Phi) is 4.97. The predicted molar refractivity (Wildman–Crippen MR) is 79.6 cm³/mol. The van der Waals surface area contributed by atoms with Crippen LogP contribution >= 0.6 is 15.9 Å². The maximum Gasteiger partial charge on any atom is 0.289 e. The maximum atomic E-state index is 12.4. The number of nitro groups is 1. The van der Waals surface area contributed by atoms with Crippen LogP contribution in [-0.2, 0) is 14.8 Å². The number of sulfonamides is 1. The van der Waals surface area contributed by atoms with Gasteiger partial charge in [0.25, 0.3) is 5.69 Å². The number of methoxy groups -OCH3 is 1. The van der Waals surface area contributed by atoms with Crippen molar-refractivity contribution in [3.63, 3.8) is 0 Å². The summed E-state index contributed by atoms with van der Waals surface area (Å²) in [5.74, 6) is 0. The number of nitro benzene ring substituents is 1. The van der Waals surface area contributed by atoms with E-state index < -0.39 is 20.6 Å². The van der Waals surface area contributed by atoms with Gasteiger partial charge in [0.05, 0.1) is 11.0 Å². The van der Waals surface area contributed by atoms with Crippen LogP contribution in [0.25, 0.3) is 0 Å². The van der Waals surface area contributed by atoms with Gasteiger partial charge in [0.2, 0.25) is 10.0 Å². The van der Waals surface area contributed by atoms with Crippen molar-refractivity contribution in [3.8, 4) is 0 Å². The van der Waals surface area contributed by atoms with Gasteiger partial charge in [0.1, 0.15) is 0 Å². The molecule has 1 saturated carbocycles. The highest BCUT2D eigenvalue weighted by Crippen LogP contribution is 2.29. The summed E-state index contributed by atoms with van der Waals surface area (Å²) >= 11 is 3.14. The Morgan fingerprint density at radius 2 is 2.14 bits per heavy atom. The fraction of sp³-hybridized carbons (Fsp3) is 0.500. The predicted octanol–water partition coefficient (Wildman–Crippen LogP) is 2.20. The summed E-state index contributed by atoms with van der Waals surface area (Å²) in [6.45, 7) is 0. The summed E-state index contributed by atoms with van der Waals surface area (Å²) in [7, 11) is -2.37. The van der Waals surface area contributed by atoms with Crippen molar-refractivity contribution in [2.75, 3.05) is 7.11 Å². The van der Waals surface area contributed by atoms with E-state index in [1.54, 1.807) is 7.11 Å². The molecule has 0 saturated heterocycles. The zero-order valence-corrected chi connectivity index (χ0v) is 13.7. The quantitative estimate of drug-likeness (QED) is 0.625. The van der Waals surface area contributed by atoms with Crippen molar-refractivity contribution < 1.29 is 18.1 Å². The molecule has 0 amide bonds. The molecule has 0 aliphatic heterocycles. The van der Waals surface area contributed by atoms with E-state index in [-0.39, 0.29) is 17.0 Å². The van der Waals surface area contributed by atoms with E-state index in [0.717, 1.165) is 6.42 Å². The van der Waals surface area contributed by atoms with Gasteiger partial charge in [-0.05, 0) is 31.4 Å². The van der Waals surface area contributed by atoms with Gasteiger partial charge in [-0.2, -0.15) is 0 Å². The van der Waals surface area contributed by atoms with Crippen molar-refractivity contribution in [1.29, 1.82) is 0 Å². The molecule has 1 fully saturated rings. The van der Waals surface area contributed by atoms with E-state index in [2.05, 4.69) is 20.7 Å². The molecule has 0 bridgehead atoms. The Hall–Kier alpha value is -1.03. The third-order valence-electron chi connectivity index (χ3n) is 3.45. The number of halogens is 1. The molecule has 21 heavy (non-hydrogen) atoms. The van der Waals surface area contributed by atoms with Crippen molar-refractivity contribution in [3.05, 3.63) is 32.8 Å². The first-order chi connectivity index (χ1) is 9.83. The largest absolute Gasteiger partial charge is 0.381 e. The Balaban J connectivity index is 2.28. The number of nitrogens with one attached hydrogen (secondary N) is 1. The molecule has 7 nitrogen and oxygen atoms in total. The molecule has 9 heteroatoms. The Labute approximate surface area is 131 Å². The van der Waals surface area contributed by atoms with Crippen LogP contribution in [0.1, 0.15) is 19.3 Å². The van der Waals surface area contributed by atoms with Crippen LogP contribution in [0.2, 0.25) is 0 Å². The van der Waals surface area contributed by atoms with Crippen LogP contribution in [-0.4, -0.2) is 32.6 Å². The van der Waals surface area contributed by atoms with Gasteiger partial charge in [-0.3, -0.25) is 10.1 Å². The third kappa shape index (κ3) is 3.79.